The average molecular weight is 486 g/mol. The number of carbonyl (C=O) groups excluding carboxylic acids is 1. The molecule has 0 radical (unpaired) electrons. The first-order valence-electron chi connectivity index (χ1n) is 11.9. The van der Waals surface area contributed by atoms with Gasteiger partial charge in [0, 0.05) is 29.9 Å². The highest BCUT2D eigenvalue weighted by molar-refractivity contribution is 8.14. The second kappa shape index (κ2) is 11.3. The standard InChI is InChI=1S/C26H31N3O2S.ClH/c30-25(27-20-11-15-24(16-12-20)31-23-9-5-2-6-10-23)17-22-18-32-26(29(22)21-13-14-21)28-19-7-3-1-4-8-19;/h2,5-6,9-12,15-16,19,21-22H,1,3-4,7-8,13-14,17-18H2,(H,27,30);1H. The van der Waals surface area contributed by atoms with Gasteiger partial charge in [0.2, 0.25) is 5.91 Å². The Morgan fingerprint density at radius 3 is 2.36 bits per heavy atom. The van der Waals surface area contributed by atoms with E-state index in [-0.39, 0.29) is 24.4 Å². The minimum absolute atomic E-state index is 0. The molecule has 1 amide bonds. The summed E-state index contributed by atoms with van der Waals surface area (Å²) < 4.78 is 5.83. The van der Waals surface area contributed by atoms with Crippen LogP contribution < -0.4 is 10.1 Å². The van der Waals surface area contributed by atoms with Crippen molar-refractivity contribution in [1.82, 2.24) is 4.90 Å². The first-order chi connectivity index (χ1) is 15.7. The summed E-state index contributed by atoms with van der Waals surface area (Å²) in [5.74, 6) is 2.58. The Kier molecular flexibility index (Phi) is 8.20. The molecule has 2 aromatic rings. The number of hydrogen-bond acceptors (Lipinski definition) is 4. The normalized spacial score (nSPS) is 22.1. The van der Waals surface area contributed by atoms with Gasteiger partial charge in [0.15, 0.2) is 5.17 Å². The van der Waals surface area contributed by atoms with Gasteiger partial charge < -0.3 is 15.0 Å². The third-order valence-corrected chi connectivity index (χ3v) is 7.49. The number of amides is 1. The molecule has 33 heavy (non-hydrogen) atoms. The van der Waals surface area contributed by atoms with Crippen LogP contribution in [-0.2, 0) is 4.79 Å². The second-order valence-corrected chi connectivity index (χ2v) is 9.99. The lowest BCUT2D eigenvalue weighted by atomic mass is 9.96. The Morgan fingerprint density at radius 1 is 0.970 bits per heavy atom. The smallest absolute Gasteiger partial charge is 0.226 e. The molecular formula is C26H32ClN3O2S. The van der Waals surface area contributed by atoms with Crippen molar-refractivity contribution < 1.29 is 9.53 Å². The number of nitrogens with one attached hydrogen (secondary N) is 1. The molecule has 0 bridgehead atoms. The molecule has 2 saturated carbocycles. The number of halogens is 1. The SMILES string of the molecule is Cl.O=C(CC1CSC(=NC2CCCCC2)N1C1CC1)Nc1ccc(Oc2ccccc2)cc1. The molecule has 2 aromatic carbocycles. The molecule has 0 aromatic heterocycles. The molecule has 0 spiro atoms. The fraction of sp³-hybridized carbons (Fsp3) is 0.462. The maximum absolute atomic E-state index is 12.8. The number of anilines is 1. The molecule has 3 aliphatic rings. The predicted octanol–water partition coefficient (Wildman–Crippen LogP) is 6.50. The summed E-state index contributed by atoms with van der Waals surface area (Å²) in [4.78, 5) is 20.4. The fourth-order valence-corrected chi connectivity index (χ4v) is 5.86. The van der Waals surface area contributed by atoms with Crippen molar-refractivity contribution in [2.75, 3.05) is 11.1 Å². The number of hydrogen-bond donors (Lipinski definition) is 1. The Morgan fingerprint density at radius 2 is 1.67 bits per heavy atom. The molecule has 1 aliphatic heterocycles. The number of nitrogens with zero attached hydrogens (tertiary/aromatic N) is 2. The number of amidine groups is 1. The Balaban J connectivity index is 0.00000259. The molecule has 5 nitrogen and oxygen atoms in total. The van der Waals surface area contributed by atoms with Gasteiger partial charge in [0.25, 0.3) is 0 Å². The zero-order valence-corrected chi connectivity index (χ0v) is 20.5. The lowest BCUT2D eigenvalue weighted by Gasteiger charge is -2.27. The zero-order chi connectivity index (χ0) is 21.8. The van der Waals surface area contributed by atoms with Crippen molar-refractivity contribution in [1.29, 1.82) is 0 Å². The van der Waals surface area contributed by atoms with Gasteiger partial charge in [-0.15, -0.1) is 12.4 Å². The number of para-hydroxylation sites is 1. The van der Waals surface area contributed by atoms with Crippen molar-refractivity contribution in [3.63, 3.8) is 0 Å². The van der Waals surface area contributed by atoms with Crippen LogP contribution >= 0.6 is 24.2 Å². The largest absolute Gasteiger partial charge is 0.457 e. The highest BCUT2D eigenvalue weighted by Gasteiger charge is 2.41. The number of carbonyl (C=O) groups is 1. The molecule has 176 valence electrons. The van der Waals surface area contributed by atoms with Gasteiger partial charge in [0.05, 0.1) is 6.04 Å². The quantitative estimate of drug-likeness (QED) is 0.486. The minimum Gasteiger partial charge on any atom is -0.457 e. The van der Waals surface area contributed by atoms with Gasteiger partial charge in [-0.2, -0.15) is 0 Å². The highest BCUT2D eigenvalue weighted by atomic mass is 35.5. The molecule has 2 aliphatic carbocycles. The van der Waals surface area contributed by atoms with Gasteiger partial charge in [-0.3, -0.25) is 9.79 Å². The molecule has 1 atom stereocenters. The lowest BCUT2D eigenvalue weighted by Crippen LogP contribution is -2.38. The zero-order valence-electron chi connectivity index (χ0n) is 18.8. The fourth-order valence-electron chi connectivity index (χ4n) is 4.57. The van der Waals surface area contributed by atoms with Crippen LogP contribution in [0, 0.1) is 0 Å². The van der Waals surface area contributed by atoms with E-state index < -0.39 is 0 Å². The monoisotopic (exact) mass is 485 g/mol. The van der Waals surface area contributed by atoms with Crippen molar-refractivity contribution in [2.24, 2.45) is 4.99 Å². The summed E-state index contributed by atoms with van der Waals surface area (Å²) >= 11 is 1.85. The number of thioether (sulfide) groups is 1. The Hall–Kier alpha value is -2.18. The first-order valence-corrected chi connectivity index (χ1v) is 12.8. The first kappa shape index (κ1) is 24.0. The molecule has 3 fully saturated rings. The second-order valence-electron chi connectivity index (χ2n) is 9.00. The van der Waals surface area contributed by atoms with E-state index in [1.165, 1.54) is 50.1 Å². The van der Waals surface area contributed by atoms with E-state index in [1.807, 2.05) is 66.4 Å². The van der Waals surface area contributed by atoms with Crippen LogP contribution in [0.15, 0.2) is 59.6 Å². The van der Waals surface area contributed by atoms with Crippen LogP contribution in [0.25, 0.3) is 0 Å². The van der Waals surface area contributed by atoms with Crippen LogP contribution in [0.4, 0.5) is 5.69 Å². The topological polar surface area (TPSA) is 53.9 Å². The molecule has 1 N–H and O–H groups in total. The van der Waals surface area contributed by atoms with Gasteiger partial charge in [-0.25, -0.2) is 0 Å². The van der Waals surface area contributed by atoms with E-state index in [0.717, 1.165) is 22.9 Å². The predicted molar refractivity (Wildman–Crippen MR) is 139 cm³/mol. The highest BCUT2D eigenvalue weighted by Crippen LogP contribution is 2.38. The minimum atomic E-state index is 0. The van der Waals surface area contributed by atoms with Crippen LogP contribution in [0.5, 0.6) is 11.5 Å². The summed E-state index contributed by atoms with van der Waals surface area (Å²) in [7, 11) is 0. The summed E-state index contributed by atoms with van der Waals surface area (Å²) in [6.45, 7) is 0. The molecule has 1 unspecified atom stereocenters. The molecule has 1 saturated heterocycles. The van der Waals surface area contributed by atoms with Crippen molar-refractivity contribution >= 4 is 40.9 Å². The summed E-state index contributed by atoms with van der Waals surface area (Å²) in [6.07, 6.45) is 9.36. The van der Waals surface area contributed by atoms with Crippen molar-refractivity contribution in [3.05, 3.63) is 54.6 Å². The number of rotatable bonds is 7. The van der Waals surface area contributed by atoms with E-state index in [2.05, 4.69) is 10.2 Å². The number of aliphatic imine (C=N–C) groups is 1. The van der Waals surface area contributed by atoms with E-state index in [9.17, 15) is 4.79 Å². The van der Waals surface area contributed by atoms with E-state index in [1.54, 1.807) is 0 Å². The number of benzene rings is 2. The third-order valence-electron chi connectivity index (χ3n) is 6.37. The lowest BCUT2D eigenvalue weighted by molar-refractivity contribution is -0.116. The maximum Gasteiger partial charge on any atom is 0.226 e. The Labute approximate surface area is 206 Å². The molecule has 1 heterocycles. The van der Waals surface area contributed by atoms with Crippen LogP contribution in [0.1, 0.15) is 51.4 Å². The molecule has 7 heteroatoms. The average Bonchev–Trinajstić information content (AvgIpc) is 3.58. The molecular weight excluding hydrogens is 454 g/mol. The van der Waals surface area contributed by atoms with Gasteiger partial charge >= 0.3 is 0 Å². The van der Waals surface area contributed by atoms with E-state index >= 15 is 0 Å². The van der Waals surface area contributed by atoms with Crippen LogP contribution in [0.3, 0.4) is 0 Å². The van der Waals surface area contributed by atoms with Crippen molar-refractivity contribution in [3.8, 4) is 11.5 Å². The summed E-state index contributed by atoms with van der Waals surface area (Å²) in [6, 6.07) is 18.6. The van der Waals surface area contributed by atoms with Crippen molar-refractivity contribution in [2.45, 2.75) is 69.5 Å². The molecule has 5 rings (SSSR count). The van der Waals surface area contributed by atoms with E-state index in [4.69, 9.17) is 9.73 Å². The number of ether oxygens (including phenoxy) is 1. The van der Waals surface area contributed by atoms with Crippen LogP contribution in [0.2, 0.25) is 0 Å². The summed E-state index contributed by atoms with van der Waals surface area (Å²) in [5.41, 5.74) is 0.801. The third kappa shape index (κ3) is 6.45. The maximum atomic E-state index is 12.8. The van der Waals surface area contributed by atoms with Gasteiger partial charge in [0.1, 0.15) is 11.5 Å². The van der Waals surface area contributed by atoms with Gasteiger partial charge in [-0.1, -0.05) is 49.2 Å². The summed E-state index contributed by atoms with van der Waals surface area (Å²) in [5, 5.41) is 4.26. The van der Waals surface area contributed by atoms with Gasteiger partial charge in [-0.05, 0) is 62.1 Å². The Bertz CT molecular complexity index is 944. The van der Waals surface area contributed by atoms with Crippen LogP contribution in [-0.4, -0.2) is 39.9 Å². The van der Waals surface area contributed by atoms with E-state index in [0.29, 0.717) is 18.5 Å².